The minimum Gasteiger partial charge on any atom is -0.481 e. The molecule has 1 aliphatic rings. The molecule has 0 radical (unpaired) electrons. The second kappa shape index (κ2) is 7.08. The van der Waals surface area contributed by atoms with E-state index in [-0.39, 0.29) is 30.7 Å². The number of hydrogen-bond donors (Lipinski definition) is 2. The fourth-order valence-corrected chi connectivity index (χ4v) is 2.82. The van der Waals surface area contributed by atoms with Crippen molar-refractivity contribution in [2.45, 2.75) is 50.5 Å². The Labute approximate surface area is 119 Å². The summed E-state index contributed by atoms with van der Waals surface area (Å²) < 4.78 is 0. The molecule has 1 aliphatic carbocycles. The lowest BCUT2D eigenvalue weighted by Crippen LogP contribution is -2.33. The molecule has 20 heavy (non-hydrogen) atoms. The number of hydrogen-bond acceptors (Lipinski definition) is 2. The summed E-state index contributed by atoms with van der Waals surface area (Å²) in [7, 11) is 0. The average molecular weight is 275 g/mol. The molecule has 0 heterocycles. The first-order valence-corrected chi connectivity index (χ1v) is 7.21. The van der Waals surface area contributed by atoms with Crippen molar-refractivity contribution in [2.75, 3.05) is 0 Å². The third kappa shape index (κ3) is 4.37. The number of benzene rings is 1. The van der Waals surface area contributed by atoms with E-state index in [0.717, 1.165) is 18.4 Å². The molecule has 0 aliphatic heterocycles. The minimum absolute atomic E-state index is 0.0118. The maximum Gasteiger partial charge on any atom is 0.303 e. The molecule has 1 aromatic rings. The predicted molar refractivity (Wildman–Crippen MR) is 76.5 cm³/mol. The first-order valence-electron chi connectivity index (χ1n) is 7.21. The Balaban J connectivity index is 1.96. The average Bonchev–Trinajstić information content (AvgIpc) is 2.91. The molecule has 2 N–H and O–H groups in total. The molecule has 1 aromatic carbocycles. The van der Waals surface area contributed by atoms with Gasteiger partial charge in [-0.2, -0.15) is 0 Å². The largest absolute Gasteiger partial charge is 0.481 e. The van der Waals surface area contributed by atoms with E-state index in [1.54, 1.807) is 0 Å². The first-order chi connectivity index (χ1) is 9.65. The van der Waals surface area contributed by atoms with E-state index < -0.39 is 5.97 Å². The maximum absolute atomic E-state index is 12.1. The quantitative estimate of drug-likeness (QED) is 0.838. The van der Waals surface area contributed by atoms with Gasteiger partial charge in [-0.25, -0.2) is 0 Å². The summed E-state index contributed by atoms with van der Waals surface area (Å²) in [5.41, 5.74) is 0.913. The van der Waals surface area contributed by atoms with Crippen LogP contribution in [0.4, 0.5) is 0 Å². The molecular formula is C16H21NO3. The molecule has 4 heteroatoms. The minimum atomic E-state index is -0.868. The van der Waals surface area contributed by atoms with E-state index in [4.69, 9.17) is 5.11 Å². The second-order valence-corrected chi connectivity index (χ2v) is 5.46. The maximum atomic E-state index is 12.1. The summed E-state index contributed by atoms with van der Waals surface area (Å²) in [5.74, 6) is -1.16. The van der Waals surface area contributed by atoms with Crippen LogP contribution in [0.2, 0.25) is 0 Å². The van der Waals surface area contributed by atoms with Crippen LogP contribution in [0.3, 0.4) is 0 Å². The Bertz CT molecular complexity index is 452. The van der Waals surface area contributed by atoms with Gasteiger partial charge in [0.1, 0.15) is 0 Å². The predicted octanol–water partition coefficient (Wildman–Crippen LogP) is 2.69. The fraction of sp³-hybridized carbons (Fsp3) is 0.500. The number of rotatable bonds is 6. The third-order valence-electron chi connectivity index (χ3n) is 3.84. The summed E-state index contributed by atoms with van der Waals surface area (Å²) in [4.78, 5) is 23.0. The smallest absolute Gasteiger partial charge is 0.303 e. The normalized spacial score (nSPS) is 16.8. The molecule has 1 atom stereocenters. The van der Waals surface area contributed by atoms with Crippen LogP contribution in [0.15, 0.2) is 30.3 Å². The molecule has 1 fully saturated rings. The molecule has 2 rings (SSSR count). The number of carbonyl (C=O) groups excluding carboxylic acids is 1. The van der Waals surface area contributed by atoms with Gasteiger partial charge in [0, 0.05) is 18.4 Å². The highest BCUT2D eigenvalue weighted by Crippen LogP contribution is 2.24. The number of aliphatic carboxylic acids is 1. The Morgan fingerprint density at radius 2 is 1.80 bits per heavy atom. The van der Waals surface area contributed by atoms with Crippen LogP contribution in [0.1, 0.15) is 50.0 Å². The summed E-state index contributed by atoms with van der Waals surface area (Å²) in [6.45, 7) is 0. The van der Waals surface area contributed by atoms with Crippen LogP contribution in [-0.4, -0.2) is 23.0 Å². The van der Waals surface area contributed by atoms with Crippen molar-refractivity contribution in [3.05, 3.63) is 35.9 Å². The van der Waals surface area contributed by atoms with Gasteiger partial charge in [0.25, 0.3) is 0 Å². The van der Waals surface area contributed by atoms with E-state index in [2.05, 4.69) is 5.32 Å². The van der Waals surface area contributed by atoms with Gasteiger partial charge in [-0.05, 0) is 18.4 Å². The number of carboxylic acid groups (broad SMARTS) is 1. The lowest BCUT2D eigenvalue weighted by molar-refractivity contribution is -0.137. The van der Waals surface area contributed by atoms with Crippen LogP contribution < -0.4 is 5.32 Å². The zero-order valence-corrected chi connectivity index (χ0v) is 11.5. The molecule has 1 unspecified atom stereocenters. The fourth-order valence-electron chi connectivity index (χ4n) is 2.82. The highest BCUT2D eigenvalue weighted by atomic mass is 16.4. The van der Waals surface area contributed by atoms with Crippen LogP contribution in [0.5, 0.6) is 0 Å². The zero-order valence-electron chi connectivity index (χ0n) is 11.5. The third-order valence-corrected chi connectivity index (χ3v) is 3.84. The van der Waals surface area contributed by atoms with Crippen molar-refractivity contribution in [3.8, 4) is 0 Å². The SMILES string of the molecule is O=C(O)CC(CC(=O)NC1CCCC1)c1ccccc1. The van der Waals surface area contributed by atoms with Crippen LogP contribution in [0, 0.1) is 0 Å². The lowest BCUT2D eigenvalue weighted by atomic mass is 9.92. The van der Waals surface area contributed by atoms with Crippen molar-refractivity contribution in [3.63, 3.8) is 0 Å². The standard InChI is InChI=1S/C16H21NO3/c18-15(17-14-8-4-5-9-14)10-13(11-16(19)20)12-6-2-1-3-7-12/h1-3,6-7,13-14H,4-5,8-11H2,(H,17,18)(H,19,20). The van der Waals surface area contributed by atoms with Gasteiger partial charge in [-0.15, -0.1) is 0 Å². The first kappa shape index (κ1) is 14.6. The molecule has 0 spiro atoms. The highest BCUT2D eigenvalue weighted by Gasteiger charge is 2.22. The van der Waals surface area contributed by atoms with Crippen LogP contribution in [0.25, 0.3) is 0 Å². The van der Waals surface area contributed by atoms with E-state index in [1.807, 2.05) is 30.3 Å². The van der Waals surface area contributed by atoms with Gasteiger partial charge < -0.3 is 10.4 Å². The summed E-state index contributed by atoms with van der Waals surface area (Å²) in [5, 5.41) is 12.0. The number of nitrogens with one attached hydrogen (secondary N) is 1. The zero-order chi connectivity index (χ0) is 14.4. The monoisotopic (exact) mass is 275 g/mol. The summed E-state index contributed by atoms with van der Waals surface area (Å²) in [6.07, 6.45) is 4.65. The molecule has 1 saturated carbocycles. The number of carbonyl (C=O) groups is 2. The van der Waals surface area contributed by atoms with Crippen LogP contribution >= 0.6 is 0 Å². The molecule has 4 nitrogen and oxygen atoms in total. The molecule has 0 saturated heterocycles. The molecule has 1 amide bonds. The molecule has 108 valence electrons. The van der Waals surface area contributed by atoms with E-state index in [9.17, 15) is 9.59 Å². The van der Waals surface area contributed by atoms with Crippen molar-refractivity contribution < 1.29 is 14.7 Å². The van der Waals surface area contributed by atoms with E-state index in [1.165, 1.54) is 12.8 Å². The van der Waals surface area contributed by atoms with Crippen molar-refractivity contribution in [1.82, 2.24) is 5.32 Å². The second-order valence-electron chi connectivity index (χ2n) is 5.46. The number of amides is 1. The lowest BCUT2D eigenvalue weighted by Gasteiger charge is -2.17. The van der Waals surface area contributed by atoms with Gasteiger partial charge >= 0.3 is 5.97 Å². The van der Waals surface area contributed by atoms with Gasteiger partial charge in [-0.1, -0.05) is 43.2 Å². The van der Waals surface area contributed by atoms with Gasteiger partial charge in [0.2, 0.25) is 5.91 Å². The summed E-state index contributed by atoms with van der Waals surface area (Å²) >= 11 is 0. The van der Waals surface area contributed by atoms with Crippen LogP contribution in [-0.2, 0) is 9.59 Å². The van der Waals surface area contributed by atoms with Crippen molar-refractivity contribution >= 4 is 11.9 Å². The Kier molecular flexibility index (Phi) is 5.16. The Morgan fingerprint density at radius 1 is 1.15 bits per heavy atom. The summed E-state index contributed by atoms with van der Waals surface area (Å²) in [6, 6.07) is 9.69. The van der Waals surface area contributed by atoms with Gasteiger partial charge in [0.15, 0.2) is 0 Å². The van der Waals surface area contributed by atoms with Gasteiger partial charge in [-0.3, -0.25) is 9.59 Å². The van der Waals surface area contributed by atoms with E-state index >= 15 is 0 Å². The Hall–Kier alpha value is -1.84. The van der Waals surface area contributed by atoms with Crippen molar-refractivity contribution in [2.24, 2.45) is 0 Å². The van der Waals surface area contributed by atoms with Gasteiger partial charge in [0.05, 0.1) is 6.42 Å². The molecule has 0 bridgehead atoms. The Morgan fingerprint density at radius 3 is 2.40 bits per heavy atom. The van der Waals surface area contributed by atoms with E-state index in [0.29, 0.717) is 0 Å². The number of carboxylic acids is 1. The molecule has 0 aromatic heterocycles. The molecular weight excluding hydrogens is 254 g/mol. The van der Waals surface area contributed by atoms with Crippen molar-refractivity contribution in [1.29, 1.82) is 0 Å². The topological polar surface area (TPSA) is 66.4 Å². The highest BCUT2D eigenvalue weighted by molar-refractivity contribution is 5.78.